The third-order valence-corrected chi connectivity index (χ3v) is 5.24. The second kappa shape index (κ2) is 9.56. The summed E-state index contributed by atoms with van der Waals surface area (Å²) in [6.45, 7) is 3.69. The number of amides is 1. The number of rotatable bonds is 7. The van der Waals surface area contributed by atoms with Gasteiger partial charge in [-0.1, -0.05) is 37.3 Å². The molecule has 1 aromatic carbocycles. The fourth-order valence-electron chi connectivity index (χ4n) is 3.67. The molecule has 2 atom stereocenters. The van der Waals surface area contributed by atoms with Gasteiger partial charge in [-0.2, -0.15) is 0 Å². The van der Waals surface area contributed by atoms with E-state index in [9.17, 15) is 9.59 Å². The van der Waals surface area contributed by atoms with Gasteiger partial charge in [-0.15, -0.1) is 0 Å². The first-order valence-electron chi connectivity index (χ1n) is 9.26. The summed E-state index contributed by atoms with van der Waals surface area (Å²) in [5, 5.41) is 8.95. The van der Waals surface area contributed by atoms with Crippen LogP contribution in [-0.2, 0) is 9.59 Å². The topological polar surface area (TPSA) is 60.9 Å². The van der Waals surface area contributed by atoms with Crippen LogP contribution in [0, 0.1) is 0 Å². The molecule has 1 aliphatic rings. The predicted octanol–water partition coefficient (Wildman–Crippen LogP) is 2.97. The van der Waals surface area contributed by atoms with Crippen molar-refractivity contribution in [3.05, 3.63) is 35.9 Å². The van der Waals surface area contributed by atoms with Crippen molar-refractivity contribution in [3.8, 4) is 0 Å². The van der Waals surface area contributed by atoms with E-state index < -0.39 is 5.97 Å². The quantitative estimate of drug-likeness (QED) is 0.824. The number of carboxylic acid groups (broad SMARTS) is 1. The molecule has 0 bridgehead atoms. The number of carbonyl (C=O) groups is 2. The zero-order valence-corrected chi connectivity index (χ0v) is 15.4. The highest BCUT2D eigenvalue weighted by molar-refractivity contribution is 5.77. The van der Waals surface area contributed by atoms with Crippen LogP contribution in [0.4, 0.5) is 0 Å². The van der Waals surface area contributed by atoms with Crippen LogP contribution in [0.1, 0.15) is 50.5 Å². The molecule has 5 heteroatoms. The summed E-state index contributed by atoms with van der Waals surface area (Å²) in [6.07, 6.45) is 4.23. The lowest BCUT2D eigenvalue weighted by Crippen LogP contribution is -2.37. The van der Waals surface area contributed by atoms with E-state index in [0.29, 0.717) is 6.42 Å². The predicted molar refractivity (Wildman–Crippen MR) is 98.6 cm³/mol. The number of likely N-dealkylation sites (N-methyl/N-ethyl adjacent to an activating group) is 1. The Hall–Kier alpha value is -1.88. The van der Waals surface area contributed by atoms with Crippen LogP contribution in [0.5, 0.6) is 0 Å². The minimum Gasteiger partial charge on any atom is -0.480 e. The largest absolute Gasteiger partial charge is 0.480 e. The van der Waals surface area contributed by atoms with Crippen molar-refractivity contribution in [2.75, 3.05) is 26.7 Å². The average molecular weight is 346 g/mol. The number of nitrogens with zero attached hydrogens (tertiary/aromatic N) is 2. The van der Waals surface area contributed by atoms with E-state index >= 15 is 0 Å². The molecular weight excluding hydrogens is 316 g/mol. The first-order chi connectivity index (χ1) is 12.0. The third kappa shape index (κ3) is 5.85. The fourth-order valence-corrected chi connectivity index (χ4v) is 3.67. The second-order valence-corrected chi connectivity index (χ2v) is 6.99. The van der Waals surface area contributed by atoms with Gasteiger partial charge < -0.3 is 10.0 Å². The minimum absolute atomic E-state index is 0.0600. The number of benzene rings is 1. The maximum Gasteiger partial charge on any atom is 0.317 e. The number of likely N-dealkylation sites (tertiary alicyclic amines) is 1. The van der Waals surface area contributed by atoms with Crippen molar-refractivity contribution < 1.29 is 14.7 Å². The highest BCUT2D eigenvalue weighted by atomic mass is 16.4. The molecule has 0 aliphatic carbocycles. The molecule has 1 N–H and O–H groups in total. The Balaban J connectivity index is 1.90. The number of aliphatic carboxylic acids is 1. The van der Waals surface area contributed by atoms with Gasteiger partial charge in [0.2, 0.25) is 5.91 Å². The van der Waals surface area contributed by atoms with Gasteiger partial charge in [-0.25, -0.2) is 0 Å². The molecule has 1 fully saturated rings. The number of hydrogen-bond donors (Lipinski definition) is 1. The zero-order valence-electron chi connectivity index (χ0n) is 15.4. The maximum absolute atomic E-state index is 12.8. The van der Waals surface area contributed by atoms with Gasteiger partial charge in [-0.05, 0) is 44.2 Å². The summed E-state index contributed by atoms with van der Waals surface area (Å²) in [5.74, 6) is -0.312. The molecule has 1 aromatic rings. The van der Waals surface area contributed by atoms with Crippen LogP contribution < -0.4 is 0 Å². The lowest BCUT2D eigenvalue weighted by atomic mass is 9.93. The summed E-state index contributed by atoms with van der Waals surface area (Å²) in [6, 6.07) is 10.5. The Morgan fingerprint density at radius 2 is 1.96 bits per heavy atom. The van der Waals surface area contributed by atoms with E-state index in [-0.39, 0.29) is 24.4 Å². The van der Waals surface area contributed by atoms with Crippen LogP contribution in [-0.4, -0.2) is 59.5 Å². The first kappa shape index (κ1) is 19.4. The molecule has 138 valence electrons. The second-order valence-electron chi connectivity index (χ2n) is 6.99. The molecular formula is C20H30N2O3. The summed E-state index contributed by atoms with van der Waals surface area (Å²) in [7, 11) is 1.86. The van der Waals surface area contributed by atoms with Crippen LogP contribution in [0.15, 0.2) is 30.3 Å². The van der Waals surface area contributed by atoms with Crippen LogP contribution in [0.3, 0.4) is 0 Å². The molecule has 1 heterocycles. The van der Waals surface area contributed by atoms with Crippen LogP contribution in [0.2, 0.25) is 0 Å². The standard InChI is InChI=1S/C20H30N2O3/c1-3-16(17-8-5-4-6-9-17)14-19(23)22-12-7-10-18(11-13-22)21(2)15-20(24)25/h4-6,8-9,16,18H,3,7,10-15H2,1-2H3,(H,24,25). The number of carboxylic acids is 1. The molecule has 5 nitrogen and oxygen atoms in total. The molecule has 1 amide bonds. The van der Waals surface area contributed by atoms with Crippen molar-refractivity contribution in [3.63, 3.8) is 0 Å². The summed E-state index contributed by atoms with van der Waals surface area (Å²) >= 11 is 0. The van der Waals surface area contributed by atoms with Gasteiger partial charge >= 0.3 is 5.97 Å². The van der Waals surface area contributed by atoms with Gasteiger partial charge in [0.05, 0.1) is 6.54 Å². The summed E-state index contributed by atoms with van der Waals surface area (Å²) < 4.78 is 0. The van der Waals surface area contributed by atoms with Crippen molar-refractivity contribution >= 4 is 11.9 Å². The molecule has 25 heavy (non-hydrogen) atoms. The molecule has 0 radical (unpaired) electrons. The van der Waals surface area contributed by atoms with Gasteiger partial charge in [0.1, 0.15) is 0 Å². The molecule has 1 aliphatic heterocycles. The Labute approximate surface area is 150 Å². The Bertz CT molecular complexity index is 561. The van der Waals surface area contributed by atoms with Gasteiger partial charge in [-0.3, -0.25) is 14.5 Å². The minimum atomic E-state index is -0.798. The third-order valence-electron chi connectivity index (χ3n) is 5.24. The average Bonchev–Trinajstić information content (AvgIpc) is 2.86. The number of hydrogen-bond acceptors (Lipinski definition) is 3. The monoisotopic (exact) mass is 346 g/mol. The molecule has 0 aromatic heterocycles. The van der Waals surface area contributed by atoms with Gasteiger partial charge in [0.15, 0.2) is 0 Å². The van der Waals surface area contributed by atoms with E-state index in [1.54, 1.807) is 0 Å². The van der Waals surface area contributed by atoms with Gasteiger partial charge in [0.25, 0.3) is 0 Å². The molecule has 2 rings (SSSR count). The van der Waals surface area contributed by atoms with E-state index in [0.717, 1.165) is 38.8 Å². The Morgan fingerprint density at radius 1 is 1.24 bits per heavy atom. The Morgan fingerprint density at radius 3 is 2.60 bits per heavy atom. The molecule has 2 unspecified atom stereocenters. The molecule has 0 spiro atoms. The van der Waals surface area contributed by atoms with Crippen molar-refractivity contribution in [1.29, 1.82) is 0 Å². The Kier molecular flexibility index (Phi) is 7.44. The van der Waals surface area contributed by atoms with Crippen LogP contribution in [0.25, 0.3) is 0 Å². The lowest BCUT2D eigenvalue weighted by Gasteiger charge is -2.26. The normalized spacial score (nSPS) is 19.5. The maximum atomic E-state index is 12.8. The van der Waals surface area contributed by atoms with Crippen molar-refractivity contribution in [2.45, 2.75) is 51.0 Å². The highest BCUT2D eigenvalue weighted by Gasteiger charge is 2.25. The van der Waals surface area contributed by atoms with Crippen LogP contribution >= 0.6 is 0 Å². The van der Waals surface area contributed by atoms with Gasteiger partial charge in [0, 0.05) is 25.6 Å². The molecule has 0 saturated carbocycles. The zero-order chi connectivity index (χ0) is 18.2. The summed E-state index contributed by atoms with van der Waals surface area (Å²) in [4.78, 5) is 27.5. The van der Waals surface area contributed by atoms with E-state index in [2.05, 4.69) is 19.1 Å². The lowest BCUT2D eigenvalue weighted by molar-refractivity contribution is -0.138. The first-order valence-corrected chi connectivity index (χ1v) is 9.26. The smallest absolute Gasteiger partial charge is 0.317 e. The number of carbonyl (C=O) groups excluding carboxylic acids is 1. The van der Waals surface area contributed by atoms with Crippen molar-refractivity contribution in [1.82, 2.24) is 9.80 Å². The van der Waals surface area contributed by atoms with E-state index in [1.165, 1.54) is 5.56 Å². The van der Waals surface area contributed by atoms with Crippen molar-refractivity contribution in [2.24, 2.45) is 0 Å². The SMILES string of the molecule is CCC(CC(=O)N1CCCC(N(C)CC(=O)O)CC1)c1ccccc1. The highest BCUT2D eigenvalue weighted by Crippen LogP contribution is 2.25. The summed E-state index contributed by atoms with van der Waals surface area (Å²) in [5.41, 5.74) is 1.23. The van der Waals surface area contributed by atoms with E-state index in [4.69, 9.17) is 5.11 Å². The van der Waals surface area contributed by atoms with E-state index in [1.807, 2.05) is 35.0 Å². The fraction of sp³-hybridized carbons (Fsp3) is 0.600. The molecule has 1 saturated heterocycles.